The van der Waals surface area contributed by atoms with E-state index in [9.17, 15) is 4.79 Å². The van der Waals surface area contributed by atoms with Crippen molar-refractivity contribution < 1.29 is 4.79 Å². The molecule has 0 aliphatic heterocycles. The van der Waals surface area contributed by atoms with Crippen LogP contribution in [-0.2, 0) is 0 Å². The average Bonchev–Trinajstić information content (AvgIpc) is 2.39. The number of amides is 1. The van der Waals surface area contributed by atoms with E-state index in [4.69, 9.17) is 0 Å². The van der Waals surface area contributed by atoms with Crippen LogP contribution in [0.25, 0.3) is 0 Å². The lowest BCUT2D eigenvalue weighted by Gasteiger charge is -2.17. The summed E-state index contributed by atoms with van der Waals surface area (Å²) in [5, 5.41) is 6.15. The first-order chi connectivity index (χ1) is 8.72. The van der Waals surface area contributed by atoms with E-state index in [-0.39, 0.29) is 11.9 Å². The number of nitrogens with one attached hydrogen (secondary N) is 2. The molecule has 0 saturated carbocycles. The molecule has 1 heterocycles. The van der Waals surface area contributed by atoms with E-state index < -0.39 is 0 Å². The Morgan fingerprint density at radius 1 is 1.50 bits per heavy atom. The summed E-state index contributed by atoms with van der Waals surface area (Å²) in [7, 11) is 0. The second-order valence-electron chi connectivity index (χ2n) is 3.96. The monoisotopic (exact) mass is 267 g/mol. The van der Waals surface area contributed by atoms with Crippen molar-refractivity contribution in [1.82, 2.24) is 10.3 Å². The lowest BCUT2D eigenvalue weighted by molar-refractivity contribution is 0.0940. The fourth-order valence-corrected chi connectivity index (χ4v) is 2.34. The van der Waals surface area contributed by atoms with E-state index in [0.717, 1.165) is 18.7 Å². The number of thioether (sulfide) groups is 1. The van der Waals surface area contributed by atoms with Crippen LogP contribution in [0.3, 0.4) is 0 Å². The third-order valence-electron chi connectivity index (χ3n) is 2.59. The van der Waals surface area contributed by atoms with E-state index in [1.54, 1.807) is 30.1 Å². The van der Waals surface area contributed by atoms with Crippen LogP contribution < -0.4 is 10.6 Å². The number of pyridine rings is 1. The largest absolute Gasteiger partial charge is 0.370 e. The Hall–Kier alpha value is -1.23. The van der Waals surface area contributed by atoms with Gasteiger partial charge in [0, 0.05) is 24.5 Å². The number of anilines is 1. The molecule has 1 aromatic rings. The third-order valence-corrected chi connectivity index (χ3v) is 3.33. The summed E-state index contributed by atoms with van der Waals surface area (Å²) in [6.07, 6.45) is 4.67. The number of aromatic nitrogens is 1. The zero-order chi connectivity index (χ0) is 13.4. The second kappa shape index (κ2) is 7.97. The molecule has 2 N–H and O–H groups in total. The zero-order valence-electron chi connectivity index (χ0n) is 11.2. The molecule has 1 atom stereocenters. The topological polar surface area (TPSA) is 54.0 Å². The van der Waals surface area contributed by atoms with Gasteiger partial charge in [-0.05, 0) is 31.7 Å². The first kappa shape index (κ1) is 14.8. The van der Waals surface area contributed by atoms with Crippen molar-refractivity contribution in [2.45, 2.75) is 26.3 Å². The standard InChI is InChI=1S/C13H21N3OS/c1-4-10(9-18-3)16-13(17)11-7-6-8-15-12(11)14-5-2/h6-8,10H,4-5,9H2,1-3H3,(H,14,15)(H,16,17). The first-order valence-corrected chi connectivity index (χ1v) is 7.60. The molecule has 0 aliphatic carbocycles. The molecule has 0 bridgehead atoms. The van der Waals surface area contributed by atoms with Gasteiger partial charge in [0.25, 0.3) is 5.91 Å². The molecule has 0 radical (unpaired) electrons. The van der Waals surface area contributed by atoms with Crippen molar-refractivity contribution in [1.29, 1.82) is 0 Å². The Kier molecular flexibility index (Phi) is 6.57. The number of carbonyl (C=O) groups excluding carboxylic acids is 1. The maximum atomic E-state index is 12.2. The van der Waals surface area contributed by atoms with Crippen LogP contribution in [0, 0.1) is 0 Å². The summed E-state index contributed by atoms with van der Waals surface area (Å²) in [5.74, 6) is 1.52. The van der Waals surface area contributed by atoms with E-state index in [1.807, 2.05) is 13.2 Å². The Bertz CT molecular complexity index is 384. The van der Waals surface area contributed by atoms with Gasteiger partial charge in [-0.2, -0.15) is 11.8 Å². The highest BCUT2D eigenvalue weighted by molar-refractivity contribution is 7.98. The van der Waals surface area contributed by atoms with Gasteiger partial charge in [-0.15, -0.1) is 0 Å². The summed E-state index contributed by atoms with van der Waals surface area (Å²) < 4.78 is 0. The van der Waals surface area contributed by atoms with Gasteiger partial charge in [-0.3, -0.25) is 4.79 Å². The molecular formula is C13H21N3OS. The number of nitrogens with zero attached hydrogens (tertiary/aromatic N) is 1. The molecule has 100 valence electrons. The Morgan fingerprint density at radius 2 is 2.28 bits per heavy atom. The van der Waals surface area contributed by atoms with Gasteiger partial charge < -0.3 is 10.6 Å². The van der Waals surface area contributed by atoms with Crippen molar-refractivity contribution in [3.63, 3.8) is 0 Å². The van der Waals surface area contributed by atoms with Crippen molar-refractivity contribution >= 4 is 23.5 Å². The van der Waals surface area contributed by atoms with Crippen LogP contribution >= 0.6 is 11.8 Å². The lowest BCUT2D eigenvalue weighted by Crippen LogP contribution is -2.36. The van der Waals surface area contributed by atoms with Crippen LogP contribution in [0.4, 0.5) is 5.82 Å². The van der Waals surface area contributed by atoms with Gasteiger partial charge in [0.15, 0.2) is 0 Å². The molecular weight excluding hydrogens is 246 g/mol. The van der Waals surface area contributed by atoms with Crippen LogP contribution in [0.15, 0.2) is 18.3 Å². The lowest BCUT2D eigenvalue weighted by atomic mass is 10.2. The summed E-state index contributed by atoms with van der Waals surface area (Å²) in [6, 6.07) is 3.79. The molecule has 0 aliphatic rings. The van der Waals surface area contributed by atoms with Crippen LogP contribution in [0.2, 0.25) is 0 Å². The fraction of sp³-hybridized carbons (Fsp3) is 0.538. The highest BCUT2D eigenvalue weighted by Crippen LogP contribution is 2.12. The maximum absolute atomic E-state index is 12.2. The molecule has 4 nitrogen and oxygen atoms in total. The molecule has 1 unspecified atom stereocenters. The van der Waals surface area contributed by atoms with Crippen molar-refractivity contribution in [2.24, 2.45) is 0 Å². The molecule has 1 rings (SSSR count). The van der Waals surface area contributed by atoms with E-state index in [2.05, 4.69) is 22.5 Å². The summed E-state index contributed by atoms with van der Waals surface area (Å²) in [5.41, 5.74) is 0.610. The Balaban J connectivity index is 2.76. The van der Waals surface area contributed by atoms with E-state index in [1.165, 1.54) is 0 Å². The minimum atomic E-state index is -0.0556. The van der Waals surface area contributed by atoms with Crippen LogP contribution in [-0.4, -0.2) is 35.5 Å². The summed E-state index contributed by atoms with van der Waals surface area (Å²) in [6.45, 7) is 4.81. The highest BCUT2D eigenvalue weighted by atomic mass is 32.2. The molecule has 1 amide bonds. The number of hydrogen-bond donors (Lipinski definition) is 2. The molecule has 0 aromatic carbocycles. The molecule has 0 saturated heterocycles. The maximum Gasteiger partial charge on any atom is 0.255 e. The van der Waals surface area contributed by atoms with Gasteiger partial charge in [-0.1, -0.05) is 6.92 Å². The Labute approximate surface area is 113 Å². The minimum absolute atomic E-state index is 0.0556. The molecule has 0 fully saturated rings. The van der Waals surface area contributed by atoms with Crippen molar-refractivity contribution in [3.05, 3.63) is 23.9 Å². The minimum Gasteiger partial charge on any atom is -0.370 e. The van der Waals surface area contributed by atoms with Gasteiger partial charge in [0.05, 0.1) is 5.56 Å². The Morgan fingerprint density at radius 3 is 2.89 bits per heavy atom. The molecule has 5 heteroatoms. The van der Waals surface area contributed by atoms with Gasteiger partial charge in [0.2, 0.25) is 0 Å². The predicted octanol–water partition coefficient (Wildman–Crippen LogP) is 2.38. The van der Waals surface area contributed by atoms with Crippen LogP contribution in [0.5, 0.6) is 0 Å². The fourth-order valence-electron chi connectivity index (χ4n) is 1.62. The van der Waals surface area contributed by atoms with E-state index >= 15 is 0 Å². The predicted molar refractivity (Wildman–Crippen MR) is 78.3 cm³/mol. The summed E-state index contributed by atoms with van der Waals surface area (Å²) in [4.78, 5) is 16.4. The zero-order valence-corrected chi connectivity index (χ0v) is 12.0. The average molecular weight is 267 g/mol. The second-order valence-corrected chi connectivity index (χ2v) is 4.87. The third kappa shape index (κ3) is 4.22. The SMILES string of the molecule is CCNc1ncccc1C(=O)NC(CC)CSC. The summed E-state index contributed by atoms with van der Waals surface area (Å²) >= 11 is 1.74. The van der Waals surface area contributed by atoms with Crippen LogP contribution in [0.1, 0.15) is 30.6 Å². The highest BCUT2D eigenvalue weighted by Gasteiger charge is 2.15. The number of carbonyl (C=O) groups is 1. The van der Waals surface area contributed by atoms with Gasteiger partial charge in [0.1, 0.15) is 5.82 Å². The van der Waals surface area contributed by atoms with E-state index in [0.29, 0.717) is 11.4 Å². The van der Waals surface area contributed by atoms with Gasteiger partial charge >= 0.3 is 0 Å². The molecule has 18 heavy (non-hydrogen) atoms. The number of hydrogen-bond acceptors (Lipinski definition) is 4. The first-order valence-electron chi connectivity index (χ1n) is 6.21. The van der Waals surface area contributed by atoms with Crippen molar-refractivity contribution in [3.8, 4) is 0 Å². The number of rotatable bonds is 7. The molecule has 1 aromatic heterocycles. The molecule has 0 spiro atoms. The van der Waals surface area contributed by atoms with Gasteiger partial charge in [-0.25, -0.2) is 4.98 Å². The van der Waals surface area contributed by atoms with Crippen molar-refractivity contribution in [2.75, 3.05) is 23.9 Å². The smallest absolute Gasteiger partial charge is 0.255 e. The normalized spacial score (nSPS) is 11.9. The quantitative estimate of drug-likeness (QED) is 0.796.